The predicted octanol–water partition coefficient (Wildman–Crippen LogP) is 15.9. The zero-order chi connectivity index (χ0) is 40.1. The van der Waals surface area contributed by atoms with Crippen LogP contribution in [0.3, 0.4) is 0 Å². The highest BCUT2D eigenvalue weighted by atomic mass is 16.5. The fourth-order valence-electron chi connectivity index (χ4n) is 10.7. The Morgan fingerprint density at radius 1 is 0.328 bits per heavy atom. The maximum atomic E-state index is 6.93. The van der Waals surface area contributed by atoms with E-state index < -0.39 is 5.41 Å². The number of fused-ring (bicyclic) bond motifs is 15. The summed E-state index contributed by atoms with van der Waals surface area (Å²) in [5, 5.41) is 9.62. The Kier molecular flexibility index (Phi) is 7.26. The van der Waals surface area contributed by atoms with Crippen molar-refractivity contribution in [1.82, 2.24) is 0 Å². The van der Waals surface area contributed by atoms with Crippen LogP contribution < -0.4 is 9.64 Å². The van der Waals surface area contributed by atoms with Crippen molar-refractivity contribution in [3.63, 3.8) is 0 Å². The molecule has 0 aromatic heterocycles. The van der Waals surface area contributed by atoms with Gasteiger partial charge in [0.2, 0.25) is 0 Å². The van der Waals surface area contributed by atoms with Gasteiger partial charge in [0.15, 0.2) is 0 Å². The first-order valence-corrected chi connectivity index (χ1v) is 21.1. The zero-order valence-corrected chi connectivity index (χ0v) is 33.2. The van der Waals surface area contributed by atoms with E-state index in [1.807, 2.05) is 0 Å². The van der Waals surface area contributed by atoms with Gasteiger partial charge in [-0.25, -0.2) is 0 Å². The molecule has 2 nitrogen and oxygen atoms in total. The van der Waals surface area contributed by atoms with Crippen LogP contribution in [-0.4, -0.2) is 0 Å². The summed E-state index contributed by atoms with van der Waals surface area (Å²) in [5.41, 5.74) is 12.6. The van der Waals surface area contributed by atoms with E-state index in [4.69, 9.17) is 4.74 Å². The number of benzene rings is 11. The molecule has 0 fully saturated rings. The quantitative estimate of drug-likeness (QED) is 0.165. The van der Waals surface area contributed by atoms with Crippen molar-refractivity contribution in [1.29, 1.82) is 0 Å². The number of hydrogen-bond donors (Lipinski definition) is 0. The monoisotopic (exact) mass is 775 g/mol. The Morgan fingerprint density at radius 2 is 0.934 bits per heavy atom. The Labute approximate surface area is 354 Å². The van der Waals surface area contributed by atoms with Crippen molar-refractivity contribution >= 4 is 60.2 Å². The minimum atomic E-state index is -0.576. The Bertz CT molecular complexity index is 3590. The van der Waals surface area contributed by atoms with Crippen LogP contribution in [0, 0.1) is 0 Å². The van der Waals surface area contributed by atoms with Gasteiger partial charge in [0.1, 0.15) is 11.5 Å². The molecule has 0 amide bonds. The van der Waals surface area contributed by atoms with Crippen LogP contribution in [0.15, 0.2) is 224 Å². The fraction of sp³-hybridized carbons (Fsp3) is 0.0169. The molecule has 0 radical (unpaired) electrons. The molecule has 61 heavy (non-hydrogen) atoms. The lowest BCUT2D eigenvalue weighted by molar-refractivity contribution is 0.442. The summed E-state index contributed by atoms with van der Waals surface area (Å²) in [6.45, 7) is 0. The highest BCUT2D eigenvalue weighted by molar-refractivity contribution is 6.16. The van der Waals surface area contributed by atoms with E-state index in [-0.39, 0.29) is 0 Å². The molecule has 0 N–H and O–H groups in total. The highest BCUT2D eigenvalue weighted by Crippen LogP contribution is 2.63. The molecule has 11 aromatic carbocycles. The molecule has 13 rings (SSSR count). The summed E-state index contributed by atoms with van der Waals surface area (Å²) < 4.78 is 6.93. The number of rotatable bonds is 4. The average molecular weight is 776 g/mol. The molecule has 1 aliphatic heterocycles. The Morgan fingerprint density at radius 3 is 1.77 bits per heavy atom. The van der Waals surface area contributed by atoms with Gasteiger partial charge in [-0.3, -0.25) is 0 Å². The van der Waals surface area contributed by atoms with Gasteiger partial charge in [-0.1, -0.05) is 188 Å². The maximum Gasteiger partial charge on any atom is 0.140 e. The van der Waals surface area contributed by atoms with Gasteiger partial charge in [0.25, 0.3) is 0 Å². The van der Waals surface area contributed by atoms with Gasteiger partial charge in [-0.05, 0) is 96.7 Å². The minimum Gasteiger partial charge on any atom is -0.456 e. The van der Waals surface area contributed by atoms with Gasteiger partial charge in [0, 0.05) is 33.0 Å². The summed E-state index contributed by atoms with van der Waals surface area (Å²) in [6.07, 6.45) is 0. The smallest absolute Gasteiger partial charge is 0.140 e. The van der Waals surface area contributed by atoms with Gasteiger partial charge in [-0.15, -0.1) is 0 Å². The van der Waals surface area contributed by atoms with E-state index in [2.05, 4.69) is 229 Å². The predicted molar refractivity (Wildman–Crippen MR) is 254 cm³/mol. The number of nitrogens with zero attached hydrogens (tertiary/aromatic N) is 1. The Balaban J connectivity index is 1.06. The van der Waals surface area contributed by atoms with E-state index in [1.165, 1.54) is 82.2 Å². The molecule has 1 heterocycles. The van der Waals surface area contributed by atoms with Crippen molar-refractivity contribution < 1.29 is 4.74 Å². The largest absolute Gasteiger partial charge is 0.456 e. The minimum absolute atomic E-state index is 0.576. The second kappa shape index (κ2) is 13.0. The van der Waals surface area contributed by atoms with E-state index in [0.29, 0.717) is 0 Å². The van der Waals surface area contributed by atoms with Crippen LogP contribution in [0.1, 0.15) is 22.3 Å². The van der Waals surface area contributed by atoms with Crippen molar-refractivity contribution in [2.75, 3.05) is 4.90 Å². The van der Waals surface area contributed by atoms with E-state index in [1.54, 1.807) is 0 Å². The lowest BCUT2D eigenvalue weighted by Crippen LogP contribution is -2.32. The first kappa shape index (κ1) is 34.0. The summed E-state index contributed by atoms with van der Waals surface area (Å²) >= 11 is 0. The third kappa shape index (κ3) is 4.79. The summed E-state index contributed by atoms with van der Waals surface area (Å²) in [4.78, 5) is 2.45. The molecule has 1 aliphatic carbocycles. The second-order valence-electron chi connectivity index (χ2n) is 16.3. The number of anilines is 3. The second-order valence-corrected chi connectivity index (χ2v) is 16.3. The van der Waals surface area contributed by atoms with Crippen LogP contribution in [0.5, 0.6) is 11.5 Å². The molecular formula is C59H37NO. The van der Waals surface area contributed by atoms with Gasteiger partial charge < -0.3 is 9.64 Å². The Hall–Kier alpha value is -7.94. The standard InChI is InChI=1S/C59H37NO/c1-2-18-41(19-3-1)60(56-37-39-17-5-6-20-42(39)45-22-9-11-26-50(45)56)55-35-33-43(46-23-8-10-25-49(46)55)40-30-32-48-47-24-12-13-27-51(47)59(54(48)36-40)52-28-14-15-29-57(52)61-58-44-21-7-4-16-38(44)31-34-53(58)59/h1-37H. The number of ether oxygens (including phenoxy) is 1. The van der Waals surface area contributed by atoms with Crippen LogP contribution in [0.4, 0.5) is 17.1 Å². The van der Waals surface area contributed by atoms with Crippen LogP contribution in [-0.2, 0) is 5.41 Å². The summed E-state index contributed by atoms with van der Waals surface area (Å²) in [7, 11) is 0. The van der Waals surface area contributed by atoms with Crippen molar-refractivity contribution in [3.8, 4) is 33.8 Å². The van der Waals surface area contributed by atoms with Gasteiger partial charge in [0.05, 0.1) is 16.8 Å². The SMILES string of the molecule is c1ccc(N(c2ccc(-c3ccc4c(c3)C3(c5ccccc5Oc5c3ccc3ccccc53)c3ccccc3-4)c3ccccc23)c2cc3ccccc3c3ccccc23)cc1. The molecule has 1 unspecified atom stereocenters. The maximum absolute atomic E-state index is 6.93. The van der Waals surface area contributed by atoms with Gasteiger partial charge in [-0.2, -0.15) is 0 Å². The number of para-hydroxylation sites is 2. The summed E-state index contributed by atoms with van der Waals surface area (Å²) in [6, 6.07) is 82.3. The van der Waals surface area contributed by atoms with Crippen molar-refractivity contribution in [2.45, 2.75) is 5.41 Å². The van der Waals surface area contributed by atoms with Crippen LogP contribution >= 0.6 is 0 Å². The molecule has 1 atom stereocenters. The molecule has 0 bridgehead atoms. The van der Waals surface area contributed by atoms with Crippen molar-refractivity contribution in [2.24, 2.45) is 0 Å². The van der Waals surface area contributed by atoms with E-state index in [9.17, 15) is 0 Å². The molecule has 2 heteroatoms. The zero-order valence-electron chi connectivity index (χ0n) is 33.2. The van der Waals surface area contributed by atoms with Gasteiger partial charge >= 0.3 is 0 Å². The molecule has 11 aromatic rings. The van der Waals surface area contributed by atoms with E-state index in [0.717, 1.165) is 33.9 Å². The molecule has 2 aliphatic rings. The van der Waals surface area contributed by atoms with Crippen LogP contribution in [0.25, 0.3) is 65.3 Å². The molecular weight excluding hydrogens is 739 g/mol. The summed E-state index contributed by atoms with van der Waals surface area (Å²) in [5.74, 6) is 1.83. The topological polar surface area (TPSA) is 12.5 Å². The highest BCUT2D eigenvalue weighted by Gasteiger charge is 2.51. The first-order chi connectivity index (χ1) is 30.3. The average Bonchev–Trinajstić information content (AvgIpc) is 3.61. The lowest BCUT2D eigenvalue weighted by Gasteiger charge is -2.40. The normalized spacial score (nSPS) is 14.8. The fourth-order valence-corrected chi connectivity index (χ4v) is 10.7. The molecule has 1 spiro atoms. The first-order valence-electron chi connectivity index (χ1n) is 21.1. The molecule has 284 valence electrons. The molecule has 0 saturated carbocycles. The van der Waals surface area contributed by atoms with E-state index >= 15 is 0 Å². The molecule has 0 saturated heterocycles. The van der Waals surface area contributed by atoms with Crippen molar-refractivity contribution in [3.05, 3.63) is 247 Å². The lowest BCUT2D eigenvalue weighted by atomic mass is 9.65. The number of hydrogen-bond acceptors (Lipinski definition) is 2. The third-order valence-electron chi connectivity index (χ3n) is 13.3. The van der Waals surface area contributed by atoms with Crippen LogP contribution in [0.2, 0.25) is 0 Å². The third-order valence-corrected chi connectivity index (χ3v) is 13.3.